The molecule has 0 bridgehead atoms. The van der Waals surface area contributed by atoms with E-state index in [0.29, 0.717) is 0 Å². The van der Waals surface area contributed by atoms with Crippen LogP contribution in [0, 0.1) is 6.92 Å². The van der Waals surface area contributed by atoms with Crippen LogP contribution in [-0.2, 0) is 0 Å². The first kappa shape index (κ1) is 8.66. The third-order valence-electron chi connectivity index (χ3n) is 1.62. The molecule has 0 atom stereocenters. The van der Waals surface area contributed by atoms with Gasteiger partial charge in [0.2, 0.25) is 0 Å². The summed E-state index contributed by atoms with van der Waals surface area (Å²) >= 11 is 7.35. The molecular weight excluding hydrogens is 204 g/mol. The van der Waals surface area contributed by atoms with Crippen molar-refractivity contribution in [1.82, 2.24) is 10.2 Å². The fourth-order valence-electron chi connectivity index (χ4n) is 1.01. The standard InChI is InChI=1S/C9H7ClN2S/c1-6-11-12-9(13-6)7-2-4-8(10)5-3-7/h2-5H,1H3. The molecule has 0 N–H and O–H groups in total. The van der Waals surface area contributed by atoms with Gasteiger partial charge < -0.3 is 0 Å². The van der Waals surface area contributed by atoms with Gasteiger partial charge in [0.1, 0.15) is 10.0 Å². The molecule has 2 nitrogen and oxygen atoms in total. The average Bonchev–Trinajstić information content (AvgIpc) is 2.53. The summed E-state index contributed by atoms with van der Waals surface area (Å²) in [5.74, 6) is 0. The summed E-state index contributed by atoms with van der Waals surface area (Å²) in [5.41, 5.74) is 1.06. The Morgan fingerprint density at radius 3 is 2.38 bits per heavy atom. The van der Waals surface area contributed by atoms with Crippen LogP contribution in [0.1, 0.15) is 5.01 Å². The Morgan fingerprint density at radius 1 is 1.15 bits per heavy atom. The molecule has 0 aliphatic carbocycles. The van der Waals surface area contributed by atoms with Crippen molar-refractivity contribution in [3.05, 3.63) is 34.3 Å². The second kappa shape index (κ2) is 3.44. The lowest BCUT2D eigenvalue weighted by atomic mass is 10.2. The number of aryl methyl sites for hydroxylation is 1. The maximum Gasteiger partial charge on any atom is 0.147 e. The normalized spacial score (nSPS) is 10.3. The van der Waals surface area contributed by atoms with Gasteiger partial charge in [0.05, 0.1) is 0 Å². The molecule has 4 heteroatoms. The van der Waals surface area contributed by atoms with Gasteiger partial charge in [-0.3, -0.25) is 0 Å². The largest absolute Gasteiger partial charge is 0.147 e. The zero-order valence-electron chi connectivity index (χ0n) is 6.99. The highest BCUT2D eigenvalue weighted by Crippen LogP contribution is 2.24. The molecule has 0 saturated carbocycles. The average molecular weight is 211 g/mol. The molecule has 1 aromatic carbocycles. The van der Waals surface area contributed by atoms with Crippen LogP contribution in [0.4, 0.5) is 0 Å². The molecule has 66 valence electrons. The van der Waals surface area contributed by atoms with Gasteiger partial charge in [-0.15, -0.1) is 10.2 Å². The van der Waals surface area contributed by atoms with E-state index in [2.05, 4.69) is 10.2 Å². The Kier molecular flexibility index (Phi) is 2.29. The molecule has 0 saturated heterocycles. The summed E-state index contributed by atoms with van der Waals surface area (Å²) in [7, 11) is 0. The third-order valence-corrected chi connectivity index (χ3v) is 2.76. The molecule has 0 aliphatic heterocycles. The van der Waals surface area contributed by atoms with Crippen LogP contribution < -0.4 is 0 Å². The first-order valence-corrected chi connectivity index (χ1v) is 5.01. The lowest BCUT2D eigenvalue weighted by molar-refractivity contribution is 1.05. The van der Waals surface area contributed by atoms with Crippen molar-refractivity contribution in [1.29, 1.82) is 0 Å². The van der Waals surface area contributed by atoms with E-state index in [4.69, 9.17) is 11.6 Å². The maximum absolute atomic E-state index is 5.77. The number of nitrogens with zero attached hydrogens (tertiary/aromatic N) is 2. The van der Waals surface area contributed by atoms with Gasteiger partial charge >= 0.3 is 0 Å². The van der Waals surface area contributed by atoms with Gasteiger partial charge in [-0.1, -0.05) is 35.1 Å². The van der Waals surface area contributed by atoms with Crippen LogP contribution in [0.15, 0.2) is 24.3 Å². The molecular formula is C9H7ClN2S. The SMILES string of the molecule is Cc1nnc(-c2ccc(Cl)cc2)s1. The van der Waals surface area contributed by atoms with E-state index in [0.717, 1.165) is 20.6 Å². The molecule has 0 fully saturated rings. The Labute approximate surface area is 85.2 Å². The molecule has 1 heterocycles. The zero-order chi connectivity index (χ0) is 9.26. The number of benzene rings is 1. The van der Waals surface area contributed by atoms with Crippen LogP contribution in [0.2, 0.25) is 5.02 Å². The monoisotopic (exact) mass is 210 g/mol. The predicted octanol–water partition coefficient (Wildman–Crippen LogP) is 3.17. The summed E-state index contributed by atoms with van der Waals surface area (Å²) < 4.78 is 0. The summed E-state index contributed by atoms with van der Waals surface area (Å²) in [6, 6.07) is 7.60. The van der Waals surface area contributed by atoms with E-state index in [1.165, 1.54) is 0 Å². The Bertz CT molecular complexity index is 408. The van der Waals surface area contributed by atoms with Crippen LogP contribution in [0.5, 0.6) is 0 Å². The van der Waals surface area contributed by atoms with Crippen LogP contribution >= 0.6 is 22.9 Å². The van der Waals surface area contributed by atoms with Crippen molar-refractivity contribution in [3.8, 4) is 10.6 Å². The van der Waals surface area contributed by atoms with Crippen LogP contribution in [-0.4, -0.2) is 10.2 Å². The fourth-order valence-corrected chi connectivity index (χ4v) is 1.83. The smallest absolute Gasteiger partial charge is 0.143 e. The minimum Gasteiger partial charge on any atom is -0.143 e. The van der Waals surface area contributed by atoms with E-state index in [1.807, 2.05) is 31.2 Å². The molecule has 2 rings (SSSR count). The molecule has 0 aliphatic rings. The van der Waals surface area contributed by atoms with Gasteiger partial charge in [0.15, 0.2) is 0 Å². The van der Waals surface area contributed by atoms with E-state index in [9.17, 15) is 0 Å². The lowest BCUT2D eigenvalue weighted by Crippen LogP contribution is -1.75. The lowest BCUT2D eigenvalue weighted by Gasteiger charge is -1.93. The molecule has 0 radical (unpaired) electrons. The third kappa shape index (κ3) is 1.87. The highest BCUT2D eigenvalue weighted by molar-refractivity contribution is 7.14. The van der Waals surface area contributed by atoms with Crippen molar-refractivity contribution < 1.29 is 0 Å². The predicted molar refractivity (Wildman–Crippen MR) is 55.1 cm³/mol. The second-order valence-corrected chi connectivity index (χ2v) is 4.25. The quantitative estimate of drug-likeness (QED) is 0.723. The molecule has 13 heavy (non-hydrogen) atoms. The first-order chi connectivity index (χ1) is 6.25. The molecule has 2 aromatic rings. The summed E-state index contributed by atoms with van der Waals surface area (Å²) in [4.78, 5) is 0. The highest BCUT2D eigenvalue weighted by atomic mass is 35.5. The molecule has 0 amide bonds. The summed E-state index contributed by atoms with van der Waals surface area (Å²) in [5, 5.41) is 10.6. The Balaban J connectivity index is 2.41. The van der Waals surface area contributed by atoms with Gasteiger partial charge in [-0.05, 0) is 19.1 Å². The fraction of sp³-hybridized carbons (Fsp3) is 0.111. The van der Waals surface area contributed by atoms with Crippen molar-refractivity contribution in [2.24, 2.45) is 0 Å². The van der Waals surface area contributed by atoms with Crippen LogP contribution in [0.3, 0.4) is 0 Å². The van der Waals surface area contributed by atoms with Gasteiger partial charge in [0, 0.05) is 10.6 Å². The molecule has 0 unspecified atom stereocenters. The highest BCUT2D eigenvalue weighted by Gasteiger charge is 2.02. The molecule has 0 spiro atoms. The number of rotatable bonds is 1. The molecule has 1 aromatic heterocycles. The van der Waals surface area contributed by atoms with Gasteiger partial charge in [0.25, 0.3) is 0 Å². The van der Waals surface area contributed by atoms with Crippen molar-refractivity contribution in [2.75, 3.05) is 0 Å². The minimum atomic E-state index is 0.741. The van der Waals surface area contributed by atoms with E-state index in [-0.39, 0.29) is 0 Å². The van der Waals surface area contributed by atoms with Crippen molar-refractivity contribution in [2.45, 2.75) is 6.92 Å². The number of hydrogen-bond donors (Lipinski definition) is 0. The summed E-state index contributed by atoms with van der Waals surface area (Å²) in [6.07, 6.45) is 0. The first-order valence-electron chi connectivity index (χ1n) is 3.82. The van der Waals surface area contributed by atoms with E-state index >= 15 is 0 Å². The van der Waals surface area contributed by atoms with Crippen molar-refractivity contribution in [3.63, 3.8) is 0 Å². The van der Waals surface area contributed by atoms with E-state index in [1.54, 1.807) is 11.3 Å². The minimum absolute atomic E-state index is 0.741. The van der Waals surface area contributed by atoms with E-state index < -0.39 is 0 Å². The number of aromatic nitrogens is 2. The van der Waals surface area contributed by atoms with Crippen molar-refractivity contribution >= 4 is 22.9 Å². The van der Waals surface area contributed by atoms with Crippen LogP contribution in [0.25, 0.3) is 10.6 Å². The maximum atomic E-state index is 5.77. The summed E-state index contributed by atoms with van der Waals surface area (Å²) in [6.45, 7) is 1.94. The topological polar surface area (TPSA) is 25.8 Å². The number of hydrogen-bond acceptors (Lipinski definition) is 3. The zero-order valence-corrected chi connectivity index (χ0v) is 8.56. The van der Waals surface area contributed by atoms with Gasteiger partial charge in [-0.25, -0.2) is 0 Å². The Morgan fingerprint density at radius 2 is 1.85 bits per heavy atom. The second-order valence-electron chi connectivity index (χ2n) is 2.63. The van der Waals surface area contributed by atoms with Gasteiger partial charge in [-0.2, -0.15) is 0 Å². The number of halogens is 1. The Hall–Kier alpha value is -0.930.